The number of carbonyl (C=O) groups is 1. The Kier molecular flexibility index (Phi) is 9.79. The van der Waals surface area contributed by atoms with Crippen molar-refractivity contribution in [3.05, 3.63) is 46.5 Å². The van der Waals surface area contributed by atoms with Crippen molar-refractivity contribution in [2.45, 2.75) is 19.8 Å². The highest BCUT2D eigenvalue weighted by Gasteiger charge is 1.98. The van der Waals surface area contributed by atoms with Crippen LogP contribution in [0.15, 0.2) is 35.4 Å². The maximum absolute atomic E-state index is 9.70. The topological polar surface area (TPSA) is 105 Å². The smallest absolute Gasteiger partial charge is 0.216 e. The van der Waals surface area contributed by atoms with Crippen LogP contribution >= 0.6 is 11.8 Å². The van der Waals surface area contributed by atoms with E-state index in [1.807, 2.05) is 35.9 Å². The highest BCUT2D eigenvalue weighted by molar-refractivity contribution is 8.01. The van der Waals surface area contributed by atoms with Crippen LogP contribution in [0.1, 0.15) is 24.5 Å². The molecule has 116 valence electrons. The Labute approximate surface area is 130 Å². The molecule has 21 heavy (non-hydrogen) atoms. The number of nitrogens with one attached hydrogen (secondary N) is 2. The first-order valence-corrected chi connectivity index (χ1v) is 7.78. The molecule has 0 saturated carbocycles. The first kappa shape index (κ1) is 19.1. The number of rotatable bonds is 5. The van der Waals surface area contributed by atoms with Gasteiger partial charge < -0.3 is 16.8 Å². The molecule has 0 bridgehead atoms. The number of amidine groups is 1. The number of benzene rings is 1. The molecule has 0 atom stereocenters. The number of hydrogen-bond acceptors (Lipinski definition) is 4. The summed E-state index contributed by atoms with van der Waals surface area (Å²) in [6.45, 7) is 1.47. The molecule has 0 heterocycles. The van der Waals surface area contributed by atoms with Crippen molar-refractivity contribution in [3.8, 4) is 0 Å². The summed E-state index contributed by atoms with van der Waals surface area (Å²) in [6.07, 6.45) is 3.77. The molecule has 0 unspecified atom stereocenters. The summed E-state index contributed by atoms with van der Waals surface area (Å²) < 4.78 is 0. The van der Waals surface area contributed by atoms with Gasteiger partial charge in [0, 0.05) is 25.2 Å². The molecule has 5 nitrogen and oxygen atoms in total. The second-order valence-corrected chi connectivity index (χ2v) is 5.05. The third-order valence-electron chi connectivity index (χ3n) is 2.59. The van der Waals surface area contributed by atoms with Crippen molar-refractivity contribution in [1.82, 2.24) is 5.32 Å². The molecule has 0 aliphatic carbocycles. The van der Waals surface area contributed by atoms with E-state index in [9.17, 15) is 4.79 Å². The molecule has 0 radical (unpaired) electrons. The minimum atomic E-state index is 0.00463. The van der Waals surface area contributed by atoms with E-state index in [2.05, 4.69) is 5.32 Å². The summed E-state index contributed by atoms with van der Waals surface area (Å²) in [5.74, 6) is 0.110. The molecule has 6 heteroatoms. The number of allylic oxidation sites excluding steroid dienone is 1. The fourth-order valence-electron chi connectivity index (χ4n) is 1.35. The van der Waals surface area contributed by atoms with Crippen LogP contribution in [0, 0.1) is 5.41 Å². The molecule has 0 aromatic heterocycles. The van der Waals surface area contributed by atoms with E-state index in [0.29, 0.717) is 0 Å². The lowest BCUT2D eigenvalue weighted by Gasteiger charge is -2.03. The van der Waals surface area contributed by atoms with Crippen molar-refractivity contribution in [2.24, 2.45) is 11.5 Å². The van der Waals surface area contributed by atoms with Gasteiger partial charge in [-0.25, -0.2) is 0 Å². The molecule has 1 aromatic rings. The number of nitrogens with two attached hydrogens (primary N) is 2. The maximum atomic E-state index is 9.70. The Morgan fingerprint density at radius 3 is 2.24 bits per heavy atom. The van der Waals surface area contributed by atoms with Gasteiger partial charge in [-0.2, -0.15) is 0 Å². The summed E-state index contributed by atoms with van der Waals surface area (Å²) >= 11 is 1.62. The highest BCUT2D eigenvalue weighted by Crippen LogP contribution is 2.10. The third-order valence-corrected chi connectivity index (χ3v) is 3.13. The second kappa shape index (κ2) is 10.8. The van der Waals surface area contributed by atoms with E-state index in [0.717, 1.165) is 24.1 Å². The third kappa shape index (κ3) is 9.56. The fourth-order valence-corrected chi connectivity index (χ4v) is 1.77. The van der Waals surface area contributed by atoms with Crippen LogP contribution in [0.3, 0.4) is 0 Å². The Morgan fingerprint density at radius 1 is 1.33 bits per heavy atom. The molecular weight excluding hydrogens is 284 g/mol. The van der Waals surface area contributed by atoms with Gasteiger partial charge in [0.05, 0.1) is 0 Å². The molecular formula is C15H24N4OS. The quantitative estimate of drug-likeness (QED) is 0.492. The zero-order chi connectivity index (χ0) is 16.3. The lowest BCUT2D eigenvalue weighted by atomic mass is 10.1. The van der Waals surface area contributed by atoms with Gasteiger partial charge in [-0.15, -0.1) is 11.8 Å². The van der Waals surface area contributed by atoms with Crippen LogP contribution in [-0.4, -0.2) is 25.0 Å². The van der Waals surface area contributed by atoms with Crippen molar-refractivity contribution in [2.75, 3.05) is 13.3 Å². The highest BCUT2D eigenvalue weighted by atomic mass is 32.2. The van der Waals surface area contributed by atoms with Gasteiger partial charge in [0.2, 0.25) is 5.91 Å². The lowest BCUT2D eigenvalue weighted by molar-refractivity contribution is -0.118. The number of aryl methyl sites for hydroxylation is 1. The Bertz CT molecular complexity index is 483. The summed E-state index contributed by atoms with van der Waals surface area (Å²) in [5, 5.41) is 11.6. The summed E-state index contributed by atoms with van der Waals surface area (Å²) in [4.78, 5) is 9.70. The predicted molar refractivity (Wildman–Crippen MR) is 91.3 cm³/mol. The average Bonchev–Trinajstić information content (AvgIpc) is 2.46. The van der Waals surface area contributed by atoms with Crippen LogP contribution in [0.5, 0.6) is 0 Å². The fraction of sp³-hybridized carbons (Fsp3) is 0.333. The zero-order valence-corrected chi connectivity index (χ0v) is 13.6. The van der Waals surface area contributed by atoms with E-state index < -0.39 is 0 Å². The van der Waals surface area contributed by atoms with Gasteiger partial charge in [-0.1, -0.05) is 24.3 Å². The summed E-state index contributed by atoms with van der Waals surface area (Å²) in [7, 11) is 1.60. The van der Waals surface area contributed by atoms with Gasteiger partial charge in [-0.3, -0.25) is 10.2 Å². The van der Waals surface area contributed by atoms with Gasteiger partial charge in [0.15, 0.2) is 0 Å². The maximum Gasteiger partial charge on any atom is 0.216 e. The number of carbonyl (C=O) groups excluding carboxylic acids is 1. The molecule has 1 amide bonds. The van der Waals surface area contributed by atoms with Gasteiger partial charge >= 0.3 is 0 Å². The Hall–Kier alpha value is -1.95. The van der Waals surface area contributed by atoms with Crippen molar-refractivity contribution in [1.29, 1.82) is 5.41 Å². The van der Waals surface area contributed by atoms with Crippen LogP contribution in [-0.2, 0) is 11.2 Å². The summed E-state index contributed by atoms with van der Waals surface area (Å²) in [5.41, 5.74) is 14.1. The SMILES string of the molecule is CNC(C)=O.CS/C=C(\N)CCc1ccc(C(=N)N)cc1. The molecule has 6 N–H and O–H groups in total. The van der Waals surface area contributed by atoms with Gasteiger partial charge in [-0.05, 0) is 30.1 Å². The standard InChI is InChI=1S/C12H17N3S.C3H7NO/c1-16-8-11(13)7-4-9-2-5-10(6-3-9)12(14)15;1-3(5)4-2/h2-3,5-6,8H,4,7,13H2,1H3,(H3,14,15);1-2H3,(H,4,5)/b11-8-;. The van der Waals surface area contributed by atoms with Crippen molar-refractivity contribution < 1.29 is 4.79 Å². The minimum absolute atomic E-state index is 0.00463. The number of hydrogen-bond donors (Lipinski definition) is 4. The van der Waals surface area contributed by atoms with Crippen molar-refractivity contribution >= 4 is 23.5 Å². The van der Waals surface area contributed by atoms with E-state index in [1.165, 1.54) is 12.5 Å². The molecule has 0 fully saturated rings. The normalized spacial score (nSPS) is 10.3. The van der Waals surface area contributed by atoms with Crippen LogP contribution in [0.25, 0.3) is 0 Å². The predicted octanol–water partition coefficient (Wildman–Crippen LogP) is 1.82. The largest absolute Gasteiger partial charge is 0.402 e. The van der Waals surface area contributed by atoms with E-state index in [1.54, 1.807) is 18.8 Å². The molecule has 1 aromatic carbocycles. The van der Waals surface area contributed by atoms with Crippen LogP contribution in [0.2, 0.25) is 0 Å². The van der Waals surface area contributed by atoms with Crippen molar-refractivity contribution in [3.63, 3.8) is 0 Å². The van der Waals surface area contributed by atoms with E-state index >= 15 is 0 Å². The number of thioether (sulfide) groups is 1. The monoisotopic (exact) mass is 308 g/mol. The molecule has 0 spiro atoms. The first-order chi connectivity index (χ1) is 9.90. The summed E-state index contributed by atoms with van der Waals surface area (Å²) in [6, 6.07) is 7.71. The van der Waals surface area contributed by atoms with Crippen LogP contribution < -0.4 is 16.8 Å². The average molecular weight is 308 g/mol. The molecule has 0 aliphatic rings. The van der Waals surface area contributed by atoms with E-state index in [4.69, 9.17) is 16.9 Å². The Morgan fingerprint density at radius 2 is 1.86 bits per heavy atom. The van der Waals surface area contributed by atoms with E-state index in [-0.39, 0.29) is 11.7 Å². The molecule has 0 aliphatic heterocycles. The van der Waals surface area contributed by atoms with Gasteiger partial charge in [0.1, 0.15) is 5.84 Å². The Balaban J connectivity index is 0.000000690. The zero-order valence-electron chi connectivity index (χ0n) is 12.8. The molecule has 0 saturated heterocycles. The number of amides is 1. The second-order valence-electron chi connectivity index (χ2n) is 4.35. The number of nitrogen functional groups attached to an aromatic ring is 1. The minimum Gasteiger partial charge on any atom is -0.402 e. The molecule has 1 rings (SSSR count). The van der Waals surface area contributed by atoms with Crippen LogP contribution in [0.4, 0.5) is 0 Å². The lowest BCUT2D eigenvalue weighted by Crippen LogP contribution is -2.11. The van der Waals surface area contributed by atoms with Gasteiger partial charge in [0.25, 0.3) is 0 Å². The first-order valence-electron chi connectivity index (χ1n) is 6.49.